The van der Waals surface area contributed by atoms with Crippen LogP contribution in [-0.2, 0) is 14.3 Å². The Bertz CT molecular complexity index is 356. The molecule has 0 amide bonds. The monoisotopic (exact) mass is 336 g/mol. The van der Waals surface area contributed by atoms with E-state index in [0.29, 0.717) is 0 Å². The predicted molar refractivity (Wildman–Crippen MR) is 85.7 cm³/mol. The number of aliphatic hydroxyl groups excluding tert-OH is 2. The average Bonchev–Trinajstić information content (AvgIpc) is 2.66. The minimum Gasteiger partial charge on any atom is -0.387 e. The van der Waals surface area contributed by atoms with E-state index in [1.165, 1.54) is 0 Å². The number of fused-ring (bicyclic) bond motifs is 2. The number of nitrogens with two attached hydrogens (primary N) is 1. The van der Waals surface area contributed by atoms with Gasteiger partial charge in [0.15, 0.2) is 12.1 Å². The fourth-order valence-corrected chi connectivity index (χ4v) is 2.63. The van der Waals surface area contributed by atoms with Crippen LogP contribution in [0, 0.1) is 0 Å². The van der Waals surface area contributed by atoms with E-state index < -0.39 is 36.7 Å². The number of carbonyl (C=O) groups excluding carboxylic acids is 1. The first kappa shape index (κ1) is 19.8. The van der Waals surface area contributed by atoms with Gasteiger partial charge in [0.2, 0.25) is 0 Å². The Morgan fingerprint density at radius 3 is 2.41 bits per heavy atom. The smallest absolute Gasteiger partial charge is 0.187 e. The van der Waals surface area contributed by atoms with Crippen LogP contribution in [0.2, 0.25) is 0 Å². The van der Waals surface area contributed by atoms with Crippen LogP contribution in [-0.4, -0.2) is 77.3 Å². The number of Topliss-reactive ketones (excluding diaryl/α,β-unsaturated/α-hetero) is 1. The summed E-state index contributed by atoms with van der Waals surface area (Å²) in [5.74, 6) is 0.928. The molecule has 0 aromatic heterocycles. The molecule has 2 heterocycles. The lowest BCUT2D eigenvalue weighted by Crippen LogP contribution is -2.56. The van der Waals surface area contributed by atoms with Gasteiger partial charge in [-0.15, -0.1) is 0 Å². The summed E-state index contributed by atoms with van der Waals surface area (Å²) in [5.41, 5.74) is 5.12. The maximum Gasteiger partial charge on any atom is 0.187 e. The molecule has 0 aromatic carbocycles. The molecule has 2 bridgehead atoms. The Morgan fingerprint density at radius 1 is 1.32 bits per heavy atom. The Hall–Kier alpha value is -0.220. The van der Waals surface area contributed by atoms with Crippen LogP contribution in [0.5, 0.6) is 0 Å². The van der Waals surface area contributed by atoms with E-state index in [1.807, 2.05) is 20.1 Å². The molecule has 7 nitrogen and oxygen atoms in total. The van der Waals surface area contributed by atoms with Crippen LogP contribution in [0.15, 0.2) is 0 Å². The van der Waals surface area contributed by atoms with Crippen LogP contribution < -0.4 is 11.1 Å². The molecular formula is C14H28N2O5S. The minimum atomic E-state index is -1.10. The van der Waals surface area contributed by atoms with Gasteiger partial charge in [0.25, 0.3) is 0 Å². The number of ether oxygens (including phenoxy) is 2. The van der Waals surface area contributed by atoms with Crippen molar-refractivity contribution in [1.82, 2.24) is 5.32 Å². The molecule has 0 saturated carbocycles. The SMILES string of the molecule is CC(C)NC1C(=O)C(C)OC2OC1C(O)C2O.CSCCN. The molecule has 22 heavy (non-hydrogen) atoms. The van der Waals surface area contributed by atoms with Gasteiger partial charge in [-0.05, 0) is 13.2 Å². The quantitative estimate of drug-likeness (QED) is 0.522. The van der Waals surface area contributed by atoms with E-state index in [0.717, 1.165) is 12.3 Å². The lowest BCUT2D eigenvalue weighted by Gasteiger charge is -2.28. The third-order valence-electron chi connectivity index (χ3n) is 3.47. The number of carbonyl (C=O) groups is 1. The second-order valence-electron chi connectivity index (χ2n) is 5.71. The summed E-state index contributed by atoms with van der Waals surface area (Å²) in [5, 5.41) is 22.6. The average molecular weight is 336 g/mol. The molecule has 0 aromatic rings. The predicted octanol–water partition coefficient (Wildman–Crippen LogP) is -0.904. The van der Waals surface area contributed by atoms with Gasteiger partial charge in [-0.3, -0.25) is 4.79 Å². The lowest BCUT2D eigenvalue weighted by molar-refractivity contribution is -0.176. The summed E-state index contributed by atoms with van der Waals surface area (Å²) in [6.45, 7) is 6.24. The first-order chi connectivity index (χ1) is 10.3. The molecule has 2 aliphatic heterocycles. The topological polar surface area (TPSA) is 114 Å². The first-order valence-electron chi connectivity index (χ1n) is 7.49. The molecule has 130 valence electrons. The molecule has 2 rings (SSSR count). The largest absolute Gasteiger partial charge is 0.387 e. The van der Waals surface area contributed by atoms with Crippen LogP contribution in [0.25, 0.3) is 0 Å². The number of rotatable bonds is 4. The van der Waals surface area contributed by atoms with E-state index in [2.05, 4.69) is 5.32 Å². The van der Waals surface area contributed by atoms with Crippen molar-refractivity contribution in [1.29, 1.82) is 0 Å². The van der Waals surface area contributed by atoms with Gasteiger partial charge >= 0.3 is 0 Å². The molecule has 2 fully saturated rings. The fraction of sp³-hybridized carbons (Fsp3) is 0.929. The molecule has 0 radical (unpaired) electrons. The van der Waals surface area contributed by atoms with E-state index in [1.54, 1.807) is 18.7 Å². The minimum absolute atomic E-state index is 0.0706. The number of hydrogen-bond acceptors (Lipinski definition) is 8. The highest BCUT2D eigenvalue weighted by atomic mass is 32.2. The molecule has 8 heteroatoms. The molecule has 2 saturated heterocycles. The van der Waals surface area contributed by atoms with Gasteiger partial charge in [-0.25, -0.2) is 0 Å². The Kier molecular flexibility index (Phi) is 8.26. The molecule has 0 aliphatic carbocycles. The Balaban J connectivity index is 0.000000422. The van der Waals surface area contributed by atoms with E-state index >= 15 is 0 Å². The summed E-state index contributed by atoms with van der Waals surface area (Å²) in [7, 11) is 0. The molecule has 5 N–H and O–H groups in total. The number of nitrogens with one attached hydrogen (secondary N) is 1. The zero-order valence-electron chi connectivity index (χ0n) is 13.6. The molecule has 2 aliphatic rings. The third kappa shape index (κ3) is 4.89. The van der Waals surface area contributed by atoms with Gasteiger partial charge in [0.1, 0.15) is 24.4 Å². The number of thioether (sulfide) groups is 1. The van der Waals surface area contributed by atoms with E-state index in [4.69, 9.17) is 15.2 Å². The highest BCUT2D eigenvalue weighted by Crippen LogP contribution is 2.30. The lowest BCUT2D eigenvalue weighted by atomic mass is 9.95. The van der Waals surface area contributed by atoms with Crippen LogP contribution >= 0.6 is 11.8 Å². The summed E-state index contributed by atoms with van der Waals surface area (Å²) < 4.78 is 10.7. The maximum atomic E-state index is 12.1. The van der Waals surface area contributed by atoms with Crippen molar-refractivity contribution in [3.8, 4) is 0 Å². The van der Waals surface area contributed by atoms with E-state index in [9.17, 15) is 15.0 Å². The van der Waals surface area contributed by atoms with Crippen molar-refractivity contribution in [3.05, 3.63) is 0 Å². The van der Waals surface area contributed by atoms with E-state index in [-0.39, 0.29) is 11.8 Å². The molecule has 0 spiro atoms. The van der Waals surface area contributed by atoms with Crippen molar-refractivity contribution in [2.24, 2.45) is 5.73 Å². The molecule has 6 unspecified atom stereocenters. The van der Waals surface area contributed by atoms with Crippen molar-refractivity contribution in [2.45, 2.75) is 63.6 Å². The summed E-state index contributed by atoms with van der Waals surface area (Å²) in [6.07, 6.45) is -2.49. The van der Waals surface area contributed by atoms with Gasteiger partial charge in [-0.2, -0.15) is 11.8 Å². The summed E-state index contributed by atoms with van der Waals surface area (Å²) in [4.78, 5) is 12.1. The van der Waals surface area contributed by atoms with Gasteiger partial charge in [0.05, 0.1) is 6.04 Å². The highest BCUT2D eigenvalue weighted by molar-refractivity contribution is 7.98. The molecule has 6 atom stereocenters. The van der Waals surface area contributed by atoms with Crippen molar-refractivity contribution < 1.29 is 24.5 Å². The number of aliphatic hydroxyl groups is 2. The van der Waals surface area contributed by atoms with Crippen molar-refractivity contribution >= 4 is 17.5 Å². The number of hydrogen-bond donors (Lipinski definition) is 4. The van der Waals surface area contributed by atoms with Gasteiger partial charge in [-0.1, -0.05) is 13.8 Å². The van der Waals surface area contributed by atoms with Crippen LogP contribution in [0.4, 0.5) is 0 Å². The first-order valence-corrected chi connectivity index (χ1v) is 8.88. The van der Waals surface area contributed by atoms with Crippen LogP contribution in [0.1, 0.15) is 20.8 Å². The third-order valence-corrected chi connectivity index (χ3v) is 4.11. The number of ketones is 1. The van der Waals surface area contributed by atoms with Crippen molar-refractivity contribution in [3.63, 3.8) is 0 Å². The Morgan fingerprint density at radius 2 is 1.95 bits per heavy atom. The zero-order chi connectivity index (χ0) is 16.9. The zero-order valence-corrected chi connectivity index (χ0v) is 14.4. The second kappa shape index (κ2) is 9.17. The fourth-order valence-electron chi connectivity index (χ4n) is 2.40. The van der Waals surface area contributed by atoms with Crippen LogP contribution in [0.3, 0.4) is 0 Å². The van der Waals surface area contributed by atoms with Gasteiger partial charge < -0.3 is 30.7 Å². The second-order valence-corrected chi connectivity index (χ2v) is 6.70. The highest BCUT2D eigenvalue weighted by Gasteiger charge is 2.53. The van der Waals surface area contributed by atoms with Crippen molar-refractivity contribution in [2.75, 3.05) is 18.6 Å². The molecular weight excluding hydrogens is 308 g/mol. The Labute approximate surface area is 135 Å². The van der Waals surface area contributed by atoms with Gasteiger partial charge in [0, 0.05) is 18.3 Å². The normalized spacial score (nSPS) is 37.7. The standard InChI is InChI=1S/C11H19NO5.C3H9NS/c1-4(2)12-6-7(13)5(3)16-11-9(15)8(14)10(6)17-11;1-5-3-2-4/h4-6,8-12,14-15H,1-3H3;2-4H2,1H3. The summed E-state index contributed by atoms with van der Waals surface area (Å²) >= 11 is 1.78. The summed E-state index contributed by atoms with van der Waals surface area (Å²) in [6, 6.07) is -0.580. The maximum absolute atomic E-state index is 12.1.